The highest BCUT2D eigenvalue weighted by molar-refractivity contribution is 6.14. The number of hydrogen-bond acceptors (Lipinski definition) is 2. The minimum atomic E-state index is -0.404. The zero-order valence-corrected chi connectivity index (χ0v) is 10.1. The van der Waals surface area contributed by atoms with Crippen LogP contribution in [0.5, 0.6) is 0 Å². The molecule has 1 aliphatic heterocycles. The summed E-state index contributed by atoms with van der Waals surface area (Å²) in [5.74, 6) is -0.319. The van der Waals surface area contributed by atoms with Crippen molar-refractivity contribution in [1.82, 2.24) is 10.2 Å². The van der Waals surface area contributed by atoms with Crippen molar-refractivity contribution in [2.75, 3.05) is 6.54 Å². The fourth-order valence-electron chi connectivity index (χ4n) is 1.70. The molecule has 4 heteroatoms. The second-order valence-electron chi connectivity index (χ2n) is 4.10. The van der Waals surface area contributed by atoms with Crippen LogP contribution in [-0.4, -0.2) is 23.4 Å². The Bertz CT molecular complexity index is 529. The normalized spacial score (nSPS) is 17.2. The topological polar surface area (TPSA) is 49.4 Å². The molecule has 1 heterocycles. The molecule has 1 saturated heterocycles. The fourth-order valence-corrected chi connectivity index (χ4v) is 1.70. The number of amides is 3. The summed E-state index contributed by atoms with van der Waals surface area (Å²) in [6.07, 6.45) is 3.19. The summed E-state index contributed by atoms with van der Waals surface area (Å²) >= 11 is 0. The monoisotopic (exact) mass is 242 g/mol. The van der Waals surface area contributed by atoms with E-state index in [1.54, 1.807) is 6.08 Å². The van der Waals surface area contributed by atoms with Gasteiger partial charge in [-0.15, -0.1) is 6.58 Å². The van der Waals surface area contributed by atoms with Gasteiger partial charge in [0.2, 0.25) is 0 Å². The average molecular weight is 242 g/mol. The maximum atomic E-state index is 11.9. The van der Waals surface area contributed by atoms with Gasteiger partial charge < -0.3 is 5.32 Å². The van der Waals surface area contributed by atoms with Gasteiger partial charge in [0.15, 0.2) is 0 Å². The first-order valence-electron chi connectivity index (χ1n) is 5.64. The average Bonchev–Trinajstić information content (AvgIpc) is 2.60. The molecular weight excluding hydrogens is 228 g/mol. The minimum absolute atomic E-state index is 0.218. The van der Waals surface area contributed by atoms with Crippen LogP contribution in [-0.2, 0) is 4.79 Å². The molecule has 1 aromatic rings. The minimum Gasteiger partial charge on any atom is -0.303 e. The summed E-state index contributed by atoms with van der Waals surface area (Å²) in [4.78, 5) is 24.6. The van der Waals surface area contributed by atoms with E-state index in [9.17, 15) is 9.59 Å². The number of nitrogens with zero attached hydrogens (tertiary/aromatic N) is 1. The Morgan fingerprint density at radius 3 is 2.56 bits per heavy atom. The van der Waals surface area contributed by atoms with Crippen LogP contribution in [0.15, 0.2) is 42.6 Å². The Balaban J connectivity index is 2.24. The van der Waals surface area contributed by atoms with E-state index in [4.69, 9.17) is 0 Å². The number of hydrogen-bond donors (Lipinski definition) is 1. The van der Waals surface area contributed by atoms with Gasteiger partial charge in [0, 0.05) is 6.54 Å². The summed E-state index contributed by atoms with van der Waals surface area (Å²) in [6, 6.07) is 7.30. The van der Waals surface area contributed by atoms with Crippen LogP contribution in [0.3, 0.4) is 0 Å². The first-order valence-corrected chi connectivity index (χ1v) is 5.64. The number of nitrogens with one attached hydrogen (secondary N) is 1. The molecule has 92 valence electrons. The Hall–Kier alpha value is -2.36. The summed E-state index contributed by atoms with van der Waals surface area (Å²) in [5, 5.41) is 2.55. The lowest BCUT2D eigenvalue weighted by molar-refractivity contribution is -0.122. The molecule has 0 atom stereocenters. The van der Waals surface area contributed by atoms with Gasteiger partial charge in [0.05, 0.1) is 0 Å². The number of imide groups is 1. The number of rotatable bonds is 3. The van der Waals surface area contributed by atoms with Crippen LogP contribution >= 0.6 is 0 Å². The molecule has 1 N–H and O–H groups in total. The lowest BCUT2D eigenvalue weighted by Crippen LogP contribution is -2.30. The second kappa shape index (κ2) is 4.87. The van der Waals surface area contributed by atoms with Gasteiger partial charge in [0.1, 0.15) is 5.70 Å². The van der Waals surface area contributed by atoms with Gasteiger partial charge >= 0.3 is 6.03 Å². The van der Waals surface area contributed by atoms with Crippen molar-refractivity contribution >= 4 is 18.0 Å². The number of urea groups is 1. The van der Waals surface area contributed by atoms with E-state index in [0.29, 0.717) is 5.70 Å². The van der Waals surface area contributed by atoms with Crippen molar-refractivity contribution in [1.29, 1.82) is 0 Å². The standard InChI is InChI=1S/C14H14N2O2/c1-3-8-16-13(17)12(15-14(16)18)9-11-6-4-10(2)5-7-11/h3-7,9H,1,8H2,2H3,(H,15,18)/b12-9+. The molecule has 0 unspecified atom stereocenters. The molecule has 0 spiro atoms. The van der Waals surface area contributed by atoms with E-state index in [2.05, 4.69) is 11.9 Å². The summed E-state index contributed by atoms with van der Waals surface area (Å²) in [7, 11) is 0. The van der Waals surface area contributed by atoms with Crippen molar-refractivity contribution in [2.24, 2.45) is 0 Å². The highest BCUT2D eigenvalue weighted by atomic mass is 16.2. The molecule has 0 bridgehead atoms. The van der Waals surface area contributed by atoms with Crippen molar-refractivity contribution in [3.05, 3.63) is 53.7 Å². The van der Waals surface area contributed by atoms with E-state index in [1.165, 1.54) is 6.08 Å². The van der Waals surface area contributed by atoms with Gasteiger partial charge in [-0.2, -0.15) is 0 Å². The fraction of sp³-hybridized carbons (Fsp3) is 0.143. The number of carbonyl (C=O) groups is 2. The SMILES string of the molecule is C=CCN1C(=O)N/C(=C/c2ccc(C)cc2)C1=O. The Labute approximate surface area is 106 Å². The zero-order valence-electron chi connectivity index (χ0n) is 10.1. The van der Waals surface area contributed by atoms with Crippen molar-refractivity contribution < 1.29 is 9.59 Å². The molecule has 1 aromatic carbocycles. The molecule has 0 saturated carbocycles. The lowest BCUT2D eigenvalue weighted by atomic mass is 10.1. The third-order valence-electron chi connectivity index (χ3n) is 2.66. The quantitative estimate of drug-likeness (QED) is 0.501. The molecule has 4 nitrogen and oxygen atoms in total. The number of benzene rings is 1. The molecule has 18 heavy (non-hydrogen) atoms. The van der Waals surface area contributed by atoms with Crippen LogP contribution in [0, 0.1) is 6.92 Å². The molecular formula is C14H14N2O2. The first-order chi connectivity index (χ1) is 8.61. The van der Waals surface area contributed by atoms with E-state index in [-0.39, 0.29) is 12.5 Å². The smallest absolute Gasteiger partial charge is 0.303 e. The van der Waals surface area contributed by atoms with Crippen LogP contribution in [0.4, 0.5) is 4.79 Å². The molecule has 1 fully saturated rings. The third kappa shape index (κ3) is 2.32. The van der Waals surface area contributed by atoms with Gasteiger partial charge in [0.25, 0.3) is 5.91 Å². The molecule has 1 aliphatic rings. The predicted octanol–water partition coefficient (Wildman–Crippen LogP) is 2.07. The molecule has 0 aromatic heterocycles. The van der Waals surface area contributed by atoms with Gasteiger partial charge in [-0.3, -0.25) is 9.69 Å². The van der Waals surface area contributed by atoms with Crippen LogP contribution in [0.1, 0.15) is 11.1 Å². The lowest BCUT2D eigenvalue weighted by Gasteiger charge is -2.06. The number of aryl methyl sites for hydroxylation is 1. The highest BCUT2D eigenvalue weighted by Gasteiger charge is 2.32. The Kier molecular flexibility index (Phi) is 3.28. The molecule has 3 amide bonds. The highest BCUT2D eigenvalue weighted by Crippen LogP contribution is 2.14. The Morgan fingerprint density at radius 1 is 1.28 bits per heavy atom. The predicted molar refractivity (Wildman–Crippen MR) is 69.6 cm³/mol. The van der Waals surface area contributed by atoms with Crippen LogP contribution in [0.2, 0.25) is 0 Å². The van der Waals surface area contributed by atoms with Gasteiger partial charge in [-0.1, -0.05) is 35.9 Å². The summed E-state index contributed by atoms with van der Waals surface area (Å²) < 4.78 is 0. The van der Waals surface area contributed by atoms with E-state index in [0.717, 1.165) is 16.0 Å². The van der Waals surface area contributed by atoms with Crippen LogP contribution in [0.25, 0.3) is 6.08 Å². The van der Waals surface area contributed by atoms with Gasteiger partial charge in [-0.25, -0.2) is 4.79 Å². The molecule has 2 rings (SSSR count). The van der Waals surface area contributed by atoms with E-state index in [1.807, 2.05) is 31.2 Å². The van der Waals surface area contributed by atoms with E-state index < -0.39 is 6.03 Å². The van der Waals surface area contributed by atoms with Gasteiger partial charge in [-0.05, 0) is 18.6 Å². The largest absolute Gasteiger partial charge is 0.329 e. The maximum Gasteiger partial charge on any atom is 0.329 e. The molecule has 0 aliphatic carbocycles. The zero-order chi connectivity index (χ0) is 13.1. The maximum absolute atomic E-state index is 11.9. The van der Waals surface area contributed by atoms with Crippen molar-refractivity contribution in [3.63, 3.8) is 0 Å². The van der Waals surface area contributed by atoms with Crippen LogP contribution < -0.4 is 5.32 Å². The Morgan fingerprint density at radius 2 is 1.94 bits per heavy atom. The number of carbonyl (C=O) groups excluding carboxylic acids is 2. The van der Waals surface area contributed by atoms with Crippen molar-refractivity contribution in [2.45, 2.75) is 6.92 Å². The first kappa shape index (κ1) is 12.1. The third-order valence-corrected chi connectivity index (χ3v) is 2.66. The van der Waals surface area contributed by atoms with E-state index >= 15 is 0 Å². The molecule has 0 radical (unpaired) electrons. The second-order valence-corrected chi connectivity index (χ2v) is 4.10. The summed E-state index contributed by atoms with van der Waals surface area (Å²) in [5.41, 5.74) is 2.32. The van der Waals surface area contributed by atoms with Crippen molar-refractivity contribution in [3.8, 4) is 0 Å². The summed E-state index contributed by atoms with van der Waals surface area (Å²) in [6.45, 7) is 5.73.